The summed E-state index contributed by atoms with van der Waals surface area (Å²) >= 11 is 0. The van der Waals surface area contributed by atoms with E-state index in [9.17, 15) is 9.59 Å². The minimum atomic E-state index is -0.389. The molecule has 0 spiro atoms. The first-order valence-electron chi connectivity index (χ1n) is 10.2. The van der Waals surface area contributed by atoms with Crippen LogP contribution in [0, 0.1) is 0 Å². The van der Waals surface area contributed by atoms with Crippen molar-refractivity contribution in [2.24, 2.45) is 0 Å². The molecule has 0 saturated carbocycles. The van der Waals surface area contributed by atoms with Gasteiger partial charge in [-0.15, -0.1) is 0 Å². The van der Waals surface area contributed by atoms with Gasteiger partial charge in [0.15, 0.2) is 0 Å². The van der Waals surface area contributed by atoms with Gasteiger partial charge in [0, 0.05) is 18.8 Å². The maximum atomic E-state index is 12.5. The van der Waals surface area contributed by atoms with E-state index in [-0.39, 0.29) is 24.6 Å². The Morgan fingerprint density at radius 2 is 1.83 bits per heavy atom. The van der Waals surface area contributed by atoms with Crippen LogP contribution < -0.4 is 15.4 Å². The number of likely N-dealkylation sites (N-methyl/N-ethyl adjacent to an activating group) is 1. The SMILES string of the molecule is CCOC(=O)C1=C(CN(C)Cc2ccc3cc(OC)ccc3c2)NC(=O)N[C@H]1CC. The molecule has 1 heterocycles. The molecule has 30 heavy (non-hydrogen) atoms. The van der Waals surface area contributed by atoms with Crippen LogP contribution >= 0.6 is 0 Å². The Labute approximate surface area is 177 Å². The van der Waals surface area contributed by atoms with Crippen LogP contribution in [0.4, 0.5) is 4.79 Å². The second-order valence-electron chi connectivity index (χ2n) is 7.39. The summed E-state index contributed by atoms with van der Waals surface area (Å²) in [6.45, 7) is 5.09. The zero-order chi connectivity index (χ0) is 21.7. The van der Waals surface area contributed by atoms with Crippen LogP contribution in [0.2, 0.25) is 0 Å². The van der Waals surface area contributed by atoms with Crippen molar-refractivity contribution in [3.8, 4) is 5.75 Å². The fraction of sp³-hybridized carbons (Fsp3) is 0.391. The van der Waals surface area contributed by atoms with Crippen LogP contribution in [0.3, 0.4) is 0 Å². The van der Waals surface area contributed by atoms with Crippen molar-refractivity contribution in [1.82, 2.24) is 15.5 Å². The lowest BCUT2D eigenvalue weighted by atomic mass is 10.00. The summed E-state index contributed by atoms with van der Waals surface area (Å²) in [5.74, 6) is 0.442. The Bertz CT molecular complexity index is 970. The van der Waals surface area contributed by atoms with Crippen LogP contribution in [-0.2, 0) is 16.1 Å². The predicted molar refractivity (Wildman–Crippen MR) is 116 cm³/mol. The Hall–Kier alpha value is -3.06. The summed E-state index contributed by atoms with van der Waals surface area (Å²) in [4.78, 5) is 26.7. The van der Waals surface area contributed by atoms with Gasteiger partial charge >= 0.3 is 12.0 Å². The van der Waals surface area contributed by atoms with E-state index in [1.165, 1.54) is 0 Å². The van der Waals surface area contributed by atoms with E-state index in [0.717, 1.165) is 22.1 Å². The third-order valence-corrected chi connectivity index (χ3v) is 5.14. The third kappa shape index (κ3) is 4.91. The topological polar surface area (TPSA) is 79.9 Å². The van der Waals surface area contributed by atoms with Gasteiger partial charge in [0.25, 0.3) is 0 Å². The fourth-order valence-corrected chi connectivity index (χ4v) is 3.72. The summed E-state index contributed by atoms with van der Waals surface area (Å²) in [5.41, 5.74) is 2.23. The van der Waals surface area contributed by atoms with Gasteiger partial charge in [-0.3, -0.25) is 4.90 Å². The van der Waals surface area contributed by atoms with Gasteiger partial charge in [-0.05, 0) is 54.9 Å². The molecule has 7 nitrogen and oxygen atoms in total. The lowest BCUT2D eigenvalue weighted by molar-refractivity contribution is -0.139. The van der Waals surface area contributed by atoms with Gasteiger partial charge < -0.3 is 20.1 Å². The molecule has 1 atom stereocenters. The number of ether oxygens (including phenoxy) is 2. The number of amides is 2. The standard InChI is InChI=1S/C23H29N3O4/c1-5-19-21(22(27)30-6-2)20(25-23(28)24-19)14-26(3)13-15-7-8-17-12-18(29-4)10-9-16(17)11-15/h7-12,19H,5-6,13-14H2,1-4H3,(H2,24,25,28)/t19-/m0/s1. The Kier molecular flexibility index (Phi) is 6.95. The van der Waals surface area contributed by atoms with Crippen molar-refractivity contribution in [2.45, 2.75) is 32.9 Å². The molecule has 0 unspecified atom stereocenters. The van der Waals surface area contributed by atoms with Crippen LogP contribution in [-0.4, -0.2) is 50.3 Å². The summed E-state index contributed by atoms with van der Waals surface area (Å²) in [6, 6.07) is 11.6. The second-order valence-corrected chi connectivity index (χ2v) is 7.39. The molecular weight excluding hydrogens is 382 g/mol. The van der Waals surface area contributed by atoms with E-state index in [1.807, 2.05) is 32.2 Å². The maximum absolute atomic E-state index is 12.5. The largest absolute Gasteiger partial charge is 0.497 e. The number of benzene rings is 2. The van der Waals surface area contributed by atoms with Crippen molar-refractivity contribution in [3.05, 3.63) is 53.2 Å². The molecule has 0 aliphatic carbocycles. The molecule has 7 heteroatoms. The van der Waals surface area contributed by atoms with Gasteiger partial charge in [-0.1, -0.05) is 25.1 Å². The summed E-state index contributed by atoms with van der Waals surface area (Å²) in [7, 11) is 3.62. The summed E-state index contributed by atoms with van der Waals surface area (Å²) in [5, 5.41) is 7.85. The fourth-order valence-electron chi connectivity index (χ4n) is 3.72. The molecule has 1 aliphatic rings. The molecule has 2 aromatic carbocycles. The van der Waals surface area contributed by atoms with Gasteiger partial charge in [0.1, 0.15) is 5.75 Å². The Morgan fingerprint density at radius 1 is 1.10 bits per heavy atom. The highest BCUT2D eigenvalue weighted by Crippen LogP contribution is 2.23. The van der Waals surface area contributed by atoms with Crippen LogP contribution in [0.15, 0.2) is 47.7 Å². The Morgan fingerprint density at radius 3 is 2.53 bits per heavy atom. The highest BCUT2D eigenvalue weighted by molar-refractivity contribution is 5.94. The van der Waals surface area contributed by atoms with Gasteiger partial charge in [-0.25, -0.2) is 9.59 Å². The minimum absolute atomic E-state index is 0.289. The molecule has 0 fully saturated rings. The number of methoxy groups -OCH3 is 1. The molecule has 0 radical (unpaired) electrons. The number of esters is 1. The van der Waals surface area contributed by atoms with E-state index < -0.39 is 0 Å². The molecule has 0 saturated heterocycles. The number of carbonyl (C=O) groups is 2. The second kappa shape index (κ2) is 9.63. The van der Waals surface area contributed by atoms with Crippen LogP contribution in [0.25, 0.3) is 10.8 Å². The van der Waals surface area contributed by atoms with E-state index in [1.54, 1.807) is 14.0 Å². The first-order chi connectivity index (χ1) is 14.4. The lowest BCUT2D eigenvalue weighted by Gasteiger charge is -2.30. The molecule has 3 rings (SSSR count). The predicted octanol–water partition coefficient (Wildman–Crippen LogP) is 3.19. The van der Waals surface area contributed by atoms with E-state index in [2.05, 4.69) is 33.7 Å². The number of hydrogen-bond acceptors (Lipinski definition) is 5. The molecule has 0 bridgehead atoms. The smallest absolute Gasteiger partial charge is 0.337 e. The number of hydrogen-bond donors (Lipinski definition) is 2. The minimum Gasteiger partial charge on any atom is -0.497 e. The molecular formula is C23H29N3O4. The highest BCUT2D eigenvalue weighted by Gasteiger charge is 2.31. The van der Waals surface area contributed by atoms with E-state index in [4.69, 9.17) is 9.47 Å². The first-order valence-corrected chi connectivity index (χ1v) is 10.2. The molecule has 2 amide bonds. The lowest BCUT2D eigenvalue weighted by Crippen LogP contribution is -2.51. The molecule has 2 N–H and O–H groups in total. The summed E-state index contributed by atoms with van der Waals surface area (Å²) in [6.07, 6.45) is 0.614. The van der Waals surface area contributed by atoms with Gasteiger partial charge in [0.05, 0.1) is 25.3 Å². The van der Waals surface area contributed by atoms with Crippen molar-refractivity contribution in [3.63, 3.8) is 0 Å². The van der Waals surface area contributed by atoms with Crippen molar-refractivity contribution in [1.29, 1.82) is 0 Å². The van der Waals surface area contributed by atoms with Crippen LogP contribution in [0.1, 0.15) is 25.8 Å². The van der Waals surface area contributed by atoms with Crippen molar-refractivity contribution in [2.75, 3.05) is 27.3 Å². The third-order valence-electron chi connectivity index (χ3n) is 5.14. The summed E-state index contributed by atoms with van der Waals surface area (Å²) < 4.78 is 10.5. The van der Waals surface area contributed by atoms with E-state index >= 15 is 0 Å². The zero-order valence-corrected chi connectivity index (χ0v) is 18.0. The first kappa shape index (κ1) is 21.6. The number of rotatable bonds is 8. The molecule has 1 aliphatic heterocycles. The monoisotopic (exact) mass is 411 g/mol. The van der Waals surface area contributed by atoms with E-state index in [0.29, 0.717) is 30.8 Å². The normalized spacial score (nSPS) is 16.4. The zero-order valence-electron chi connectivity index (χ0n) is 18.0. The van der Waals surface area contributed by atoms with Gasteiger partial charge in [0.2, 0.25) is 0 Å². The van der Waals surface area contributed by atoms with Crippen molar-refractivity contribution >= 4 is 22.8 Å². The molecule has 160 valence electrons. The quantitative estimate of drug-likeness (QED) is 0.652. The number of urea groups is 1. The van der Waals surface area contributed by atoms with Gasteiger partial charge in [-0.2, -0.15) is 0 Å². The van der Waals surface area contributed by atoms with Crippen LogP contribution in [0.5, 0.6) is 5.75 Å². The number of nitrogens with one attached hydrogen (secondary N) is 2. The number of nitrogens with zero attached hydrogens (tertiary/aromatic N) is 1. The number of carbonyl (C=O) groups excluding carboxylic acids is 2. The molecule has 0 aromatic heterocycles. The highest BCUT2D eigenvalue weighted by atomic mass is 16.5. The average Bonchev–Trinajstić information content (AvgIpc) is 2.72. The average molecular weight is 412 g/mol. The van der Waals surface area contributed by atoms with Crippen molar-refractivity contribution < 1.29 is 19.1 Å². The Balaban J connectivity index is 1.80. The molecule has 2 aromatic rings. The number of fused-ring (bicyclic) bond motifs is 1. The maximum Gasteiger partial charge on any atom is 0.337 e.